The lowest BCUT2D eigenvalue weighted by atomic mass is 9.71. The molecule has 3 aliphatic rings. The molecule has 9 nitrogen and oxygen atoms in total. The molecule has 2 unspecified atom stereocenters. The summed E-state index contributed by atoms with van der Waals surface area (Å²) in [7, 11) is 2.01. The summed E-state index contributed by atoms with van der Waals surface area (Å²) in [5.74, 6) is 1.28. The molecular weight excluding hydrogens is 454 g/mol. The fourth-order valence-corrected chi connectivity index (χ4v) is 5.70. The zero-order valence-electron chi connectivity index (χ0n) is 21.6. The topological polar surface area (TPSA) is 117 Å². The minimum absolute atomic E-state index is 0.0527. The standard InChI is InChI=1S/C27H35N7O2/c1-15-12-21-23(31-33-27(21,4)24(29-15)16(2)30-26(36)17(3)35)20-11-7-10-19(13-20)22(18-8-6-9-18)25-32-28-14-34(25)5/h7,10-14,16-18,21-22,33,35H,6,8-9H2,1-5H3,(H,30,36)/t16-,17-,21?,22+,27?/m0/s1. The molecule has 1 saturated carbocycles. The van der Waals surface area contributed by atoms with Crippen LogP contribution in [0, 0.1) is 11.8 Å². The fourth-order valence-electron chi connectivity index (χ4n) is 5.70. The van der Waals surface area contributed by atoms with E-state index in [-0.39, 0.29) is 17.9 Å². The highest BCUT2D eigenvalue weighted by Gasteiger charge is 2.49. The summed E-state index contributed by atoms with van der Waals surface area (Å²) in [5, 5.41) is 26.0. The number of fused-ring (bicyclic) bond motifs is 1. The number of aliphatic imine (C=N–C) groups is 1. The van der Waals surface area contributed by atoms with Crippen molar-refractivity contribution < 1.29 is 9.90 Å². The van der Waals surface area contributed by atoms with Crippen LogP contribution in [0.5, 0.6) is 0 Å². The molecule has 2 aromatic rings. The Morgan fingerprint density at radius 2 is 2.08 bits per heavy atom. The Hall–Kier alpha value is -3.33. The molecule has 1 aromatic heterocycles. The first-order chi connectivity index (χ1) is 17.2. The van der Waals surface area contributed by atoms with E-state index in [0.29, 0.717) is 5.92 Å². The number of aryl methyl sites for hydroxylation is 1. The largest absolute Gasteiger partial charge is 0.384 e. The molecule has 3 N–H and O–H groups in total. The first kappa shape index (κ1) is 24.4. The molecule has 1 aliphatic carbocycles. The van der Waals surface area contributed by atoms with Crippen molar-refractivity contribution >= 4 is 17.3 Å². The highest BCUT2D eigenvalue weighted by molar-refractivity contribution is 6.13. The minimum Gasteiger partial charge on any atom is -0.384 e. The summed E-state index contributed by atoms with van der Waals surface area (Å²) < 4.78 is 2.03. The lowest BCUT2D eigenvalue weighted by Crippen LogP contribution is -2.59. The third kappa shape index (κ3) is 4.15. The first-order valence-corrected chi connectivity index (χ1v) is 12.7. The quantitative estimate of drug-likeness (QED) is 0.553. The molecule has 5 atom stereocenters. The molecule has 0 saturated heterocycles. The van der Waals surface area contributed by atoms with Crippen molar-refractivity contribution in [1.82, 2.24) is 25.5 Å². The van der Waals surface area contributed by atoms with Crippen LogP contribution in [-0.2, 0) is 11.8 Å². The molecule has 0 radical (unpaired) electrons. The van der Waals surface area contributed by atoms with E-state index in [4.69, 9.17) is 10.1 Å². The van der Waals surface area contributed by atoms with Gasteiger partial charge in [0.1, 0.15) is 23.8 Å². The number of aliphatic hydroxyl groups is 1. The molecule has 3 heterocycles. The number of allylic oxidation sites excluding steroid dienone is 1. The lowest BCUT2D eigenvalue weighted by molar-refractivity contribution is -0.128. The summed E-state index contributed by atoms with van der Waals surface area (Å²) in [6.45, 7) is 7.39. The number of rotatable bonds is 7. The number of carbonyl (C=O) groups excluding carboxylic acids is 1. The summed E-state index contributed by atoms with van der Waals surface area (Å²) >= 11 is 0. The van der Waals surface area contributed by atoms with E-state index in [9.17, 15) is 9.90 Å². The number of carbonyl (C=O) groups is 1. The van der Waals surface area contributed by atoms with Gasteiger partial charge in [-0.25, -0.2) is 0 Å². The van der Waals surface area contributed by atoms with Gasteiger partial charge in [-0.1, -0.05) is 30.7 Å². The van der Waals surface area contributed by atoms with Gasteiger partial charge in [-0.15, -0.1) is 10.2 Å². The molecule has 9 heteroatoms. The second kappa shape index (κ2) is 9.28. The summed E-state index contributed by atoms with van der Waals surface area (Å²) in [5.41, 5.74) is 7.66. The molecule has 1 amide bonds. The summed E-state index contributed by atoms with van der Waals surface area (Å²) in [6, 6.07) is 8.28. The molecule has 1 fully saturated rings. The van der Waals surface area contributed by atoms with E-state index >= 15 is 0 Å². The molecule has 36 heavy (non-hydrogen) atoms. The molecule has 190 valence electrons. The average molecular weight is 490 g/mol. The normalized spacial score (nSPS) is 25.9. The number of aliphatic hydroxyl groups excluding tert-OH is 1. The molecule has 0 spiro atoms. The van der Waals surface area contributed by atoms with Crippen LogP contribution in [-0.4, -0.2) is 54.9 Å². The Bertz CT molecular complexity index is 1260. The predicted molar refractivity (Wildman–Crippen MR) is 139 cm³/mol. The second-order valence-corrected chi connectivity index (χ2v) is 10.6. The van der Waals surface area contributed by atoms with E-state index in [0.717, 1.165) is 28.5 Å². The van der Waals surface area contributed by atoms with Gasteiger partial charge in [0.2, 0.25) is 5.91 Å². The van der Waals surface area contributed by atoms with Crippen LogP contribution in [0.25, 0.3) is 0 Å². The van der Waals surface area contributed by atoms with Gasteiger partial charge >= 0.3 is 0 Å². The number of hydrazone groups is 1. The third-order valence-corrected chi connectivity index (χ3v) is 7.90. The first-order valence-electron chi connectivity index (χ1n) is 12.7. The second-order valence-electron chi connectivity index (χ2n) is 10.6. The van der Waals surface area contributed by atoms with Crippen molar-refractivity contribution in [2.75, 3.05) is 0 Å². The predicted octanol–water partition coefficient (Wildman–Crippen LogP) is 2.67. The van der Waals surface area contributed by atoms with E-state index in [1.165, 1.54) is 31.7 Å². The zero-order chi connectivity index (χ0) is 25.6. The van der Waals surface area contributed by atoms with Gasteiger partial charge in [0.15, 0.2) is 0 Å². The van der Waals surface area contributed by atoms with E-state index in [1.54, 1.807) is 6.33 Å². The smallest absolute Gasteiger partial charge is 0.249 e. The van der Waals surface area contributed by atoms with Crippen LogP contribution >= 0.6 is 0 Å². The Morgan fingerprint density at radius 3 is 2.72 bits per heavy atom. The average Bonchev–Trinajstić information content (AvgIpc) is 3.38. The molecule has 1 aromatic carbocycles. The van der Waals surface area contributed by atoms with Crippen LogP contribution in [0.3, 0.4) is 0 Å². The summed E-state index contributed by atoms with van der Waals surface area (Å²) in [6.07, 6.45) is 6.48. The number of nitrogens with zero attached hydrogens (tertiary/aromatic N) is 5. The molecular formula is C27H35N7O2. The van der Waals surface area contributed by atoms with Gasteiger partial charge < -0.3 is 15.0 Å². The van der Waals surface area contributed by atoms with Gasteiger partial charge in [0, 0.05) is 18.7 Å². The van der Waals surface area contributed by atoms with Gasteiger partial charge in [-0.3, -0.25) is 15.2 Å². The Morgan fingerprint density at radius 1 is 1.31 bits per heavy atom. The van der Waals surface area contributed by atoms with Crippen LogP contribution in [0.1, 0.15) is 69.8 Å². The van der Waals surface area contributed by atoms with Crippen molar-refractivity contribution in [3.63, 3.8) is 0 Å². The molecule has 2 aliphatic heterocycles. The van der Waals surface area contributed by atoms with Gasteiger partial charge in [0.05, 0.1) is 23.4 Å². The Kier molecular flexibility index (Phi) is 6.28. The Balaban J connectivity index is 1.46. The zero-order valence-corrected chi connectivity index (χ0v) is 21.6. The van der Waals surface area contributed by atoms with Crippen molar-refractivity contribution in [2.45, 2.75) is 70.6 Å². The van der Waals surface area contributed by atoms with Crippen LogP contribution in [0.2, 0.25) is 0 Å². The van der Waals surface area contributed by atoms with E-state index < -0.39 is 17.6 Å². The van der Waals surface area contributed by atoms with Crippen LogP contribution in [0.4, 0.5) is 0 Å². The maximum Gasteiger partial charge on any atom is 0.249 e. The van der Waals surface area contributed by atoms with Crippen LogP contribution in [0.15, 0.2) is 52.5 Å². The van der Waals surface area contributed by atoms with Gasteiger partial charge in [0.25, 0.3) is 0 Å². The van der Waals surface area contributed by atoms with E-state index in [2.05, 4.69) is 58.2 Å². The SMILES string of the molecule is CC1=CC2C(c3cccc([C@H](c4nncn4C)C4CCC4)c3)=NNC2(C)C([C@H](C)NC(=O)[C@H](C)O)=N1. The Labute approximate surface area is 211 Å². The fraction of sp³-hybridized carbons (Fsp3) is 0.519. The molecule has 0 bridgehead atoms. The van der Waals surface area contributed by atoms with Crippen molar-refractivity contribution in [1.29, 1.82) is 0 Å². The third-order valence-electron chi connectivity index (χ3n) is 7.90. The minimum atomic E-state index is -1.08. The monoisotopic (exact) mass is 489 g/mol. The number of hydrogen-bond donors (Lipinski definition) is 3. The number of nitrogens with one attached hydrogen (secondary N) is 2. The van der Waals surface area contributed by atoms with Crippen molar-refractivity contribution in [3.05, 3.63) is 59.3 Å². The van der Waals surface area contributed by atoms with Gasteiger partial charge in [-0.05, 0) is 63.6 Å². The maximum absolute atomic E-state index is 12.2. The summed E-state index contributed by atoms with van der Waals surface area (Å²) in [4.78, 5) is 17.0. The van der Waals surface area contributed by atoms with Gasteiger partial charge in [-0.2, -0.15) is 5.10 Å². The highest BCUT2D eigenvalue weighted by Crippen LogP contribution is 2.43. The van der Waals surface area contributed by atoms with Crippen molar-refractivity contribution in [2.24, 2.45) is 29.0 Å². The number of hydrogen-bond acceptors (Lipinski definition) is 7. The highest BCUT2D eigenvalue weighted by atomic mass is 16.3. The molecule has 5 rings (SSSR count). The number of aromatic nitrogens is 3. The van der Waals surface area contributed by atoms with E-state index in [1.807, 2.05) is 25.5 Å². The lowest BCUT2D eigenvalue weighted by Gasteiger charge is -2.37. The number of amides is 1. The van der Waals surface area contributed by atoms with Crippen LogP contribution < -0.4 is 10.7 Å². The number of benzene rings is 1. The van der Waals surface area contributed by atoms with Crippen molar-refractivity contribution in [3.8, 4) is 0 Å². The maximum atomic E-state index is 12.2.